The van der Waals surface area contributed by atoms with Gasteiger partial charge in [-0.1, -0.05) is 24.3 Å². The number of carbonyl (C=O) groups excluding carboxylic acids is 1. The molecule has 4 heteroatoms. The second-order valence-electron chi connectivity index (χ2n) is 7.89. The first-order valence-corrected chi connectivity index (χ1v) is 8.71. The number of carbonyl (C=O) groups is 1. The van der Waals surface area contributed by atoms with Crippen LogP contribution in [0.5, 0.6) is 0 Å². The minimum absolute atomic E-state index is 0.248. The second kappa shape index (κ2) is 6.52. The van der Waals surface area contributed by atoms with Crippen molar-refractivity contribution in [3.05, 3.63) is 35.4 Å². The summed E-state index contributed by atoms with van der Waals surface area (Å²) >= 11 is 0. The molecule has 2 N–H and O–H groups in total. The maximum absolute atomic E-state index is 11.7. The lowest BCUT2D eigenvalue weighted by Crippen LogP contribution is -2.55. The Bertz CT molecular complexity index is 559. The molecule has 126 valence electrons. The van der Waals surface area contributed by atoms with Crippen molar-refractivity contribution in [1.29, 1.82) is 0 Å². The van der Waals surface area contributed by atoms with Gasteiger partial charge in [-0.25, -0.2) is 4.79 Å². The molecule has 2 aliphatic rings. The predicted octanol–water partition coefficient (Wildman–Crippen LogP) is 3.19. The Morgan fingerprint density at radius 1 is 1.09 bits per heavy atom. The van der Waals surface area contributed by atoms with E-state index in [-0.39, 0.29) is 12.1 Å². The molecule has 3 rings (SSSR count). The van der Waals surface area contributed by atoms with Gasteiger partial charge in [-0.15, -0.1) is 0 Å². The lowest BCUT2D eigenvalue weighted by Gasteiger charge is -2.40. The molecular formula is C19H28N2O2. The van der Waals surface area contributed by atoms with Gasteiger partial charge < -0.3 is 15.4 Å². The second-order valence-corrected chi connectivity index (χ2v) is 7.89. The van der Waals surface area contributed by atoms with Gasteiger partial charge in [-0.2, -0.15) is 0 Å². The number of alkyl carbamates (subject to hydrolysis) is 1. The Morgan fingerprint density at radius 2 is 1.78 bits per heavy atom. The van der Waals surface area contributed by atoms with E-state index in [1.807, 2.05) is 20.8 Å². The molecule has 1 aromatic carbocycles. The predicted molar refractivity (Wildman–Crippen MR) is 91.6 cm³/mol. The molecule has 2 aliphatic carbocycles. The van der Waals surface area contributed by atoms with Crippen molar-refractivity contribution in [3.63, 3.8) is 0 Å². The molecular weight excluding hydrogens is 288 g/mol. The largest absolute Gasteiger partial charge is 0.444 e. The summed E-state index contributed by atoms with van der Waals surface area (Å²) in [6, 6.07) is 10.1. The van der Waals surface area contributed by atoms with E-state index in [0.717, 1.165) is 19.3 Å². The summed E-state index contributed by atoms with van der Waals surface area (Å²) in [7, 11) is 0. The monoisotopic (exact) mass is 316 g/mol. The standard InChI is InChI=1S/C19H28N2O2/c1-19(2,3)23-18(22)21-17-11-16(12-17)20-15-9-8-13-6-4-5-7-14(13)10-15/h4-7,15-17,20H,8-12H2,1-3H3,(H,21,22). The van der Waals surface area contributed by atoms with E-state index in [1.165, 1.54) is 24.0 Å². The van der Waals surface area contributed by atoms with Crippen LogP contribution in [0.2, 0.25) is 0 Å². The third kappa shape index (κ3) is 4.47. The lowest BCUT2D eigenvalue weighted by atomic mass is 9.83. The van der Waals surface area contributed by atoms with Crippen molar-refractivity contribution in [3.8, 4) is 0 Å². The molecule has 1 amide bonds. The topological polar surface area (TPSA) is 50.4 Å². The molecule has 0 spiro atoms. The van der Waals surface area contributed by atoms with Crippen LogP contribution in [0, 0.1) is 0 Å². The zero-order valence-corrected chi connectivity index (χ0v) is 14.4. The van der Waals surface area contributed by atoms with Crippen LogP contribution < -0.4 is 10.6 Å². The summed E-state index contributed by atoms with van der Waals surface area (Å²) in [5, 5.41) is 6.71. The van der Waals surface area contributed by atoms with Gasteiger partial charge in [0.15, 0.2) is 0 Å². The van der Waals surface area contributed by atoms with Crippen molar-refractivity contribution in [2.75, 3.05) is 0 Å². The summed E-state index contributed by atoms with van der Waals surface area (Å²) in [4.78, 5) is 11.7. The summed E-state index contributed by atoms with van der Waals surface area (Å²) < 4.78 is 5.30. The van der Waals surface area contributed by atoms with Crippen LogP contribution in [0.15, 0.2) is 24.3 Å². The number of benzene rings is 1. The SMILES string of the molecule is CC(C)(C)OC(=O)NC1CC(NC2CCc3ccccc3C2)C1. The van der Waals surface area contributed by atoms with Gasteiger partial charge in [0.1, 0.15) is 5.60 Å². The van der Waals surface area contributed by atoms with Crippen LogP contribution in [0.25, 0.3) is 0 Å². The van der Waals surface area contributed by atoms with E-state index in [2.05, 4.69) is 34.9 Å². The number of hydrogen-bond acceptors (Lipinski definition) is 3. The highest BCUT2D eigenvalue weighted by Crippen LogP contribution is 2.25. The third-order valence-electron chi connectivity index (χ3n) is 4.68. The van der Waals surface area contributed by atoms with Crippen molar-refractivity contribution in [2.24, 2.45) is 0 Å². The summed E-state index contributed by atoms with van der Waals surface area (Å²) in [5.74, 6) is 0. The Balaban J connectivity index is 1.39. The Kier molecular flexibility index (Phi) is 4.62. The average molecular weight is 316 g/mol. The molecule has 0 aliphatic heterocycles. The molecule has 1 aromatic rings. The van der Waals surface area contributed by atoms with Gasteiger partial charge in [-0.05, 0) is 64.0 Å². The number of nitrogens with one attached hydrogen (secondary N) is 2. The van der Waals surface area contributed by atoms with E-state index in [4.69, 9.17) is 4.74 Å². The molecule has 23 heavy (non-hydrogen) atoms. The molecule has 1 saturated carbocycles. The maximum Gasteiger partial charge on any atom is 0.407 e. The Hall–Kier alpha value is -1.55. The molecule has 4 nitrogen and oxygen atoms in total. The summed E-state index contributed by atoms with van der Waals surface area (Å²) in [6.45, 7) is 5.66. The van der Waals surface area contributed by atoms with E-state index in [0.29, 0.717) is 12.1 Å². The molecule has 0 aromatic heterocycles. The number of amides is 1. The molecule has 1 atom stereocenters. The van der Waals surface area contributed by atoms with Crippen LogP contribution in [-0.4, -0.2) is 29.8 Å². The first-order chi connectivity index (χ1) is 10.9. The van der Waals surface area contributed by atoms with Crippen LogP contribution in [-0.2, 0) is 17.6 Å². The quantitative estimate of drug-likeness (QED) is 0.900. The highest BCUT2D eigenvalue weighted by atomic mass is 16.6. The van der Waals surface area contributed by atoms with Crippen molar-refractivity contribution >= 4 is 6.09 Å². The molecule has 1 unspecified atom stereocenters. The highest BCUT2D eigenvalue weighted by molar-refractivity contribution is 5.68. The maximum atomic E-state index is 11.7. The number of aryl methyl sites for hydroxylation is 1. The first kappa shape index (κ1) is 16.3. The molecule has 0 saturated heterocycles. The summed E-state index contributed by atoms with van der Waals surface area (Å²) in [6.07, 6.45) is 5.19. The number of rotatable bonds is 3. The zero-order chi connectivity index (χ0) is 16.4. The van der Waals surface area contributed by atoms with Crippen molar-refractivity contribution < 1.29 is 9.53 Å². The van der Waals surface area contributed by atoms with Gasteiger partial charge in [0, 0.05) is 18.1 Å². The van der Waals surface area contributed by atoms with E-state index < -0.39 is 5.60 Å². The van der Waals surface area contributed by atoms with Gasteiger partial charge in [0.2, 0.25) is 0 Å². The molecule has 0 radical (unpaired) electrons. The van der Waals surface area contributed by atoms with Crippen LogP contribution in [0.4, 0.5) is 4.79 Å². The molecule has 0 bridgehead atoms. The fraction of sp³-hybridized carbons (Fsp3) is 0.632. The smallest absolute Gasteiger partial charge is 0.407 e. The fourth-order valence-electron chi connectivity index (χ4n) is 3.52. The number of hydrogen-bond donors (Lipinski definition) is 2. The van der Waals surface area contributed by atoms with E-state index in [1.54, 1.807) is 0 Å². The lowest BCUT2D eigenvalue weighted by molar-refractivity contribution is 0.0462. The third-order valence-corrected chi connectivity index (χ3v) is 4.68. The first-order valence-electron chi connectivity index (χ1n) is 8.71. The van der Waals surface area contributed by atoms with E-state index in [9.17, 15) is 4.79 Å². The Morgan fingerprint density at radius 3 is 2.48 bits per heavy atom. The minimum Gasteiger partial charge on any atom is -0.444 e. The summed E-state index contributed by atoms with van der Waals surface area (Å²) in [5.41, 5.74) is 2.56. The molecule has 0 heterocycles. The zero-order valence-electron chi connectivity index (χ0n) is 14.4. The minimum atomic E-state index is -0.430. The number of ether oxygens (including phenoxy) is 1. The van der Waals surface area contributed by atoms with Gasteiger partial charge in [0.05, 0.1) is 0 Å². The van der Waals surface area contributed by atoms with Crippen molar-refractivity contribution in [2.45, 2.75) is 76.6 Å². The normalized spacial score (nSPS) is 26.8. The van der Waals surface area contributed by atoms with Crippen LogP contribution in [0.3, 0.4) is 0 Å². The fourth-order valence-corrected chi connectivity index (χ4v) is 3.52. The number of fused-ring (bicyclic) bond motifs is 1. The van der Waals surface area contributed by atoms with E-state index >= 15 is 0 Å². The van der Waals surface area contributed by atoms with Gasteiger partial charge in [-0.3, -0.25) is 0 Å². The van der Waals surface area contributed by atoms with Crippen LogP contribution >= 0.6 is 0 Å². The van der Waals surface area contributed by atoms with Crippen LogP contribution in [0.1, 0.15) is 51.2 Å². The Labute approximate surface area is 139 Å². The highest BCUT2D eigenvalue weighted by Gasteiger charge is 2.33. The average Bonchev–Trinajstić information content (AvgIpc) is 2.43. The molecule has 1 fully saturated rings. The van der Waals surface area contributed by atoms with Crippen molar-refractivity contribution in [1.82, 2.24) is 10.6 Å². The van der Waals surface area contributed by atoms with Gasteiger partial charge >= 0.3 is 6.09 Å². The van der Waals surface area contributed by atoms with Gasteiger partial charge in [0.25, 0.3) is 0 Å².